The Kier molecular flexibility index (Phi) is 4.69. The summed E-state index contributed by atoms with van der Waals surface area (Å²) in [5, 5.41) is 7.13. The van der Waals surface area contributed by atoms with Gasteiger partial charge in [-0.25, -0.2) is 4.68 Å². The molecule has 0 unspecified atom stereocenters. The fraction of sp³-hybridized carbons (Fsp3) is 0.263. The minimum absolute atomic E-state index is 0.0476. The molecule has 0 spiro atoms. The summed E-state index contributed by atoms with van der Waals surface area (Å²) in [5.74, 6) is 0.660. The minimum atomic E-state index is -0.398. The standard InChI is InChI=1S/C19H19N5O3/c25-18-10-14(11-23(18)13-16-5-3-9-27-16)19(26)22-17-6-8-21-24(17)12-15-4-1-2-7-20-15/h1-9,14H,10-13H2,(H,22,26)/t14-/m1/s1. The van der Waals surface area contributed by atoms with E-state index in [9.17, 15) is 9.59 Å². The van der Waals surface area contributed by atoms with E-state index >= 15 is 0 Å². The summed E-state index contributed by atoms with van der Waals surface area (Å²) in [6.45, 7) is 1.21. The summed E-state index contributed by atoms with van der Waals surface area (Å²) in [7, 11) is 0. The maximum Gasteiger partial charge on any atom is 0.230 e. The number of carbonyl (C=O) groups is 2. The van der Waals surface area contributed by atoms with Crippen LogP contribution in [0.15, 0.2) is 59.5 Å². The molecule has 0 radical (unpaired) electrons. The molecule has 8 nitrogen and oxygen atoms in total. The van der Waals surface area contributed by atoms with Crippen LogP contribution in [0.25, 0.3) is 0 Å². The maximum atomic E-state index is 12.6. The molecule has 2 amide bonds. The second-order valence-electron chi connectivity index (χ2n) is 6.44. The van der Waals surface area contributed by atoms with E-state index in [0.717, 1.165) is 5.69 Å². The van der Waals surface area contributed by atoms with Crippen LogP contribution in [0.4, 0.5) is 5.82 Å². The number of nitrogens with zero attached hydrogens (tertiary/aromatic N) is 4. The Bertz CT molecular complexity index is 920. The molecule has 1 saturated heterocycles. The third-order valence-corrected chi connectivity index (χ3v) is 4.52. The minimum Gasteiger partial charge on any atom is -0.467 e. The number of carbonyl (C=O) groups excluding carboxylic acids is 2. The molecule has 1 N–H and O–H groups in total. The van der Waals surface area contributed by atoms with Crippen molar-refractivity contribution in [3.8, 4) is 0 Å². The normalized spacial score (nSPS) is 16.7. The summed E-state index contributed by atoms with van der Waals surface area (Å²) >= 11 is 0. The Balaban J connectivity index is 1.38. The van der Waals surface area contributed by atoms with E-state index in [1.54, 1.807) is 40.4 Å². The Labute approximate surface area is 155 Å². The molecule has 3 aromatic rings. The van der Waals surface area contributed by atoms with Crippen LogP contribution in [-0.2, 0) is 22.7 Å². The van der Waals surface area contributed by atoms with Crippen LogP contribution in [0, 0.1) is 5.92 Å². The number of anilines is 1. The topological polar surface area (TPSA) is 93.3 Å². The zero-order valence-electron chi connectivity index (χ0n) is 14.6. The Morgan fingerprint density at radius 3 is 2.89 bits per heavy atom. The lowest BCUT2D eigenvalue weighted by Gasteiger charge is -2.15. The number of rotatable bonds is 6. The van der Waals surface area contributed by atoms with E-state index in [-0.39, 0.29) is 18.2 Å². The van der Waals surface area contributed by atoms with Crippen molar-refractivity contribution in [2.45, 2.75) is 19.5 Å². The molecule has 3 aromatic heterocycles. The average molecular weight is 365 g/mol. The zero-order chi connectivity index (χ0) is 18.6. The second-order valence-corrected chi connectivity index (χ2v) is 6.44. The number of likely N-dealkylation sites (tertiary alicyclic amines) is 1. The quantitative estimate of drug-likeness (QED) is 0.720. The lowest BCUT2D eigenvalue weighted by molar-refractivity contribution is -0.128. The number of hydrogen-bond donors (Lipinski definition) is 1. The van der Waals surface area contributed by atoms with E-state index in [2.05, 4.69) is 15.4 Å². The molecule has 138 valence electrons. The SMILES string of the molecule is O=C(Nc1ccnn1Cc1ccccn1)[C@@H]1CC(=O)N(Cc2ccco2)C1. The van der Waals surface area contributed by atoms with Crippen LogP contribution in [-0.4, -0.2) is 38.0 Å². The van der Waals surface area contributed by atoms with E-state index in [1.165, 1.54) is 0 Å². The Hall–Kier alpha value is -3.42. The van der Waals surface area contributed by atoms with E-state index in [1.807, 2.05) is 24.3 Å². The lowest BCUT2D eigenvalue weighted by Crippen LogP contribution is -2.28. The number of pyridine rings is 1. The van der Waals surface area contributed by atoms with Crippen molar-refractivity contribution in [2.75, 3.05) is 11.9 Å². The van der Waals surface area contributed by atoms with Crippen LogP contribution >= 0.6 is 0 Å². The number of aromatic nitrogens is 3. The maximum absolute atomic E-state index is 12.6. The summed E-state index contributed by atoms with van der Waals surface area (Å²) in [5.41, 5.74) is 0.845. The van der Waals surface area contributed by atoms with Gasteiger partial charge in [-0.05, 0) is 24.3 Å². The first kappa shape index (κ1) is 17.0. The monoisotopic (exact) mass is 365 g/mol. The molecule has 1 aliphatic rings. The van der Waals surface area contributed by atoms with Gasteiger partial charge in [-0.3, -0.25) is 14.6 Å². The predicted molar refractivity (Wildman–Crippen MR) is 96.4 cm³/mol. The van der Waals surface area contributed by atoms with E-state index in [4.69, 9.17) is 4.42 Å². The highest BCUT2D eigenvalue weighted by Gasteiger charge is 2.35. The van der Waals surface area contributed by atoms with Gasteiger partial charge < -0.3 is 14.6 Å². The Morgan fingerprint density at radius 2 is 2.11 bits per heavy atom. The molecular weight excluding hydrogens is 346 g/mol. The fourth-order valence-electron chi connectivity index (χ4n) is 3.13. The highest BCUT2D eigenvalue weighted by atomic mass is 16.3. The first-order chi connectivity index (χ1) is 13.2. The van der Waals surface area contributed by atoms with Crippen LogP contribution in [0.1, 0.15) is 17.9 Å². The van der Waals surface area contributed by atoms with Crippen LogP contribution in [0.5, 0.6) is 0 Å². The lowest BCUT2D eigenvalue weighted by atomic mass is 10.1. The van der Waals surface area contributed by atoms with Gasteiger partial charge in [0.15, 0.2) is 0 Å². The van der Waals surface area contributed by atoms with Gasteiger partial charge >= 0.3 is 0 Å². The summed E-state index contributed by atoms with van der Waals surface area (Å²) in [4.78, 5) is 30.8. The fourth-order valence-corrected chi connectivity index (χ4v) is 3.13. The van der Waals surface area contributed by atoms with E-state index in [0.29, 0.717) is 31.2 Å². The molecular formula is C19H19N5O3. The molecule has 27 heavy (non-hydrogen) atoms. The highest BCUT2D eigenvalue weighted by molar-refractivity contribution is 5.96. The van der Waals surface area contributed by atoms with Crippen LogP contribution < -0.4 is 5.32 Å². The summed E-state index contributed by atoms with van der Waals surface area (Å²) < 4.78 is 6.96. The van der Waals surface area contributed by atoms with Gasteiger partial charge in [-0.15, -0.1) is 0 Å². The van der Waals surface area contributed by atoms with Crippen molar-refractivity contribution in [3.05, 3.63) is 66.5 Å². The number of nitrogens with one attached hydrogen (secondary N) is 1. The molecule has 1 atom stereocenters. The van der Waals surface area contributed by atoms with Crippen molar-refractivity contribution >= 4 is 17.6 Å². The van der Waals surface area contributed by atoms with E-state index < -0.39 is 5.92 Å². The van der Waals surface area contributed by atoms with Crippen LogP contribution in [0.2, 0.25) is 0 Å². The van der Waals surface area contributed by atoms with Gasteiger partial charge in [0.2, 0.25) is 11.8 Å². The molecule has 1 fully saturated rings. The predicted octanol–water partition coefficient (Wildman–Crippen LogP) is 1.91. The van der Waals surface area contributed by atoms with Crippen molar-refractivity contribution in [1.29, 1.82) is 0 Å². The van der Waals surface area contributed by atoms with Gasteiger partial charge in [0, 0.05) is 25.2 Å². The van der Waals surface area contributed by atoms with Crippen LogP contribution in [0.3, 0.4) is 0 Å². The molecule has 0 aromatic carbocycles. The summed E-state index contributed by atoms with van der Waals surface area (Å²) in [6.07, 6.45) is 5.11. The van der Waals surface area contributed by atoms with Crippen molar-refractivity contribution in [2.24, 2.45) is 5.92 Å². The third kappa shape index (κ3) is 3.89. The first-order valence-corrected chi connectivity index (χ1v) is 8.72. The second kappa shape index (κ2) is 7.45. The number of furan rings is 1. The van der Waals surface area contributed by atoms with Gasteiger partial charge in [-0.2, -0.15) is 5.10 Å². The number of hydrogen-bond acceptors (Lipinski definition) is 5. The van der Waals surface area contributed by atoms with Gasteiger partial charge in [0.1, 0.15) is 11.6 Å². The third-order valence-electron chi connectivity index (χ3n) is 4.52. The Morgan fingerprint density at radius 1 is 1.19 bits per heavy atom. The molecule has 8 heteroatoms. The molecule has 4 heterocycles. The highest BCUT2D eigenvalue weighted by Crippen LogP contribution is 2.22. The molecule has 1 aliphatic heterocycles. The molecule has 4 rings (SSSR count). The average Bonchev–Trinajstić information content (AvgIpc) is 3.40. The zero-order valence-corrected chi connectivity index (χ0v) is 14.6. The van der Waals surface area contributed by atoms with Crippen molar-refractivity contribution in [1.82, 2.24) is 19.7 Å². The molecule has 0 bridgehead atoms. The van der Waals surface area contributed by atoms with Crippen molar-refractivity contribution in [3.63, 3.8) is 0 Å². The largest absolute Gasteiger partial charge is 0.467 e. The van der Waals surface area contributed by atoms with Gasteiger partial charge in [-0.1, -0.05) is 6.07 Å². The number of amides is 2. The smallest absolute Gasteiger partial charge is 0.230 e. The van der Waals surface area contributed by atoms with Gasteiger partial charge in [0.25, 0.3) is 0 Å². The molecule has 0 saturated carbocycles. The first-order valence-electron chi connectivity index (χ1n) is 8.72. The molecule has 0 aliphatic carbocycles. The van der Waals surface area contributed by atoms with Gasteiger partial charge in [0.05, 0.1) is 37.2 Å². The summed E-state index contributed by atoms with van der Waals surface area (Å²) in [6, 6.07) is 11.0. The van der Waals surface area contributed by atoms with Crippen molar-refractivity contribution < 1.29 is 14.0 Å².